The van der Waals surface area contributed by atoms with E-state index in [1.165, 1.54) is 0 Å². The van der Waals surface area contributed by atoms with Gasteiger partial charge in [-0.25, -0.2) is 0 Å². The summed E-state index contributed by atoms with van der Waals surface area (Å²) in [5.74, 6) is 0.0256. The topological polar surface area (TPSA) is 67.0 Å². The van der Waals surface area contributed by atoms with Gasteiger partial charge in [0.05, 0.1) is 23.5 Å². The van der Waals surface area contributed by atoms with Crippen LogP contribution in [0.4, 0.5) is 5.69 Å². The number of rotatable bonds is 4. The van der Waals surface area contributed by atoms with Gasteiger partial charge in [-0.1, -0.05) is 12.1 Å². The summed E-state index contributed by atoms with van der Waals surface area (Å²) in [5, 5.41) is 10.8. The smallest absolute Gasteiger partial charge is 0.224 e. The predicted molar refractivity (Wildman–Crippen MR) is 72.9 cm³/mol. The van der Waals surface area contributed by atoms with E-state index in [1.54, 1.807) is 6.20 Å². The number of nitrogens with one attached hydrogen (secondary N) is 2. The van der Waals surface area contributed by atoms with Crippen molar-refractivity contribution in [3.05, 3.63) is 24.4 Å². The van der Waals surface area contributed by atoms with Crippen molar-refractivity contribution in [2.45, 2.75) is 31.8 Å². The van der Waals surface area contributed by atoms with Crippen LogP contribution in [-0.2, 0) is 9.53 Å². The molecule has 19 heavy (non-hydrogen) atoms. The van der Waals surface area contributed by atoms with Crippen LogP contribution in [0.1, 0.15) is 25.7 Å². The SMILES string of the molecule is O=C(CC[C@@H]1CCCO1)Nc1cccc2cn[nH]c12. The molecular formula is C14H17N3O2. The molecule has 100 valence electrons. The van der Waals surface area contributed by atoms with Crippen molar-refractivity contribution in [2.24, 2.45) is 0 Å². The first kappa shape index (κ1) is 12.2. The molecule has 3 rings (SSSR count). The normalized spacial score (nSPS) is 18.8. The van der Waals surface area contributed by atoms with Gasteiger partial charge in [0.15, 0.2) is 0 Å². The van der Waals surface area contributed by atoms with Gasteiger partial charge < -0.3 is 10.1 Å². The first-order chi connectivity index (χ1) is 9.33. The number of ether oxygens (including phenoxy) is 1. The molecule has 1 aromatic carbocycles. The summed E-state index contributed by atoms with van der Waals surface area (Å²) >= 11 is 0. The molecule has 0 saturated carbocycles. The Hall–Kier alpha value is -1.88. The highest BCUT2D eigenvalue weighted by atomic mass is 16.5. The molecule has 0 spiro atoms. The van der Waals surface area contributed by atoms with E-state index in [2.05, 4.69) is 15.5 Å². The van der Waals surface area contributed by atoms with Crippen molar-refractivity contribution < 1.29 is 9.53 Å². The fourth-order valence-electron chi connectivity index (χ4n) is 2.45. The molecule has 0 aliphatic carbocycles. The van der Waals surface area contributed by atoms with Gasteiger partial charge >= 0.3 is 0 Å². The van der Waals surface area contributed by atoms with E-state index in [-0.39, 0.29) is 12.0 Å². The lowest BCUT2D eigenvalue weighted by atomic mass is 10.1. The number of nitrogens with zero attached hydrogens (tertiary/aromatic N) is 1. The number of benzene rings is 1. The fourth-order valence-corrected chi connectivity index (χ4v) is 2.45. The van der Waals surface area contributed by atoms with Crippen molar-refractivity contribution in [3.8, 4) is 0 Å². The van der Waals surface area contributed by atoms with E-state index in [0.717, 1.165) is 42.5 Å². The molecule has 0 radical (unpaired) electrons. The summed E-state index contributed by atoms with van der Waals surface area (Å²) in [6, 6.07) is 5.75. The Balaban J connectivity index is 1.60. The molecule has 1 aliphatic heterocycles. The lowest BCUT2D eigenvalue weighted by Gasteiger charge is -2.09. The molecule has 1 aromatic heterocycles. The average Bonchev–Trinajstić information content (AvgIpc) is 3.08. The third-order valence-corrected chi connectivity index (χ3v) is 3.47. The molecule has 0 unspecified atom stereocenters. The van der Waals surface area contributed by atoms with E-state index < -0.39 is 0 Å². The number of anilines is 1. The van der Waals surface area contributed by atoms with E-state index in [4.69, 9.17) is 4.74 Å². The summed E-state index contributed by atoms with van der Waals surface area (Å²) in [7, 11) is 0. The number of amides is 1. The Bertz CT molecular complexity index is 573. The highest BCUT2D eigenvalue weighted by molar-refractivity contribution is 6.00. The highest BCUT2D eigenvalue weighted by Crippen LogP contribution is 2.21. The number of aromatic amines is 1. The second kappa shape index (κ2) is 5.40. The minimum absolute atomic E-state index is 0.0256. The zero-order valence-electron chi connectivity index (χ0n) is 10.7. The van der Waals surface area contributed by atoms with Crippen molar-refractivity contribution in [1.29, 1.82) is 0 Å². The van der Waals surface area contributed by atoms with E-state index in [0.29, 0.717) is 6.42 Å². The lowest BCUT2D eigenvalue weighted by Crippen LogP contribution is -2.15. The fraction of sp³-hybridized carbons (Fsp3) is 0.429. The second-order valence-corrected chi connectivity index (χ2v) is 4.86. The Morgan fingerprint density at radius 3 is 3.32 bits per heavy atom. The summed E-state index contributed by atoms with van der Waals surface area (Å²) < 4.78 is 5.52. The van der Waals surface area contributed by atoms with Crippen molar-refractivity contribution in [1.82, 2.24) is 10.2 Å². The standard InChI is InChI=1S/C14H17N3O2/c18-13(7-6-11-4-2-8-19-11)16-12-5-1-3-10-9-15-17-14(10)12/h1,3,5,9,11H,2,4,6-8H2,(H,15,17)(H,16,18)/t11-/m0/s1. The molecule has 5 heteroatoms. The number of fused-ring (bicyclic) bond motifs is 1. The molecule has 1 aliphatic rings. The quantitative estimate of drug-likeness (QED) is 0.886. The summed E-state index contributed by atoms with van der Waals surface area (Å²) in [5.41, 5.74) is 1.65. The number of carbonyl (C=O) groups excluding carboxylic acids is 1. The van der Waals surface area contributed by atoms with Crippen molar-refractivity contribution in [2.75, 3.05) is 11.9 Å². The summed E-state index contributed by atoms with van der Waals surface area (Å²) in [6.45, 7) is 0.833. The zero-order valence-corrected chi connectivity index (χ0v) is 10.7. The van der Waals surface area contributed by atoms with E-state index in [9.17, 15) is 4.79 Å². The summed E-state index contributed by atoms with van der Waals surface area (Å²) in [4.78, 5) is 11.9. The second-order valence-electron chi connectivity index (χ2n) is 4.86. The molecule has 2 heterocycles. The maximum absolute atomic E-state index is 11.9. The molecule has 0 bridgehead atoms. The van der Waals surface area contributed by atoms with E-state index in [1.807, 2.05) is 18.2 Å². The van der Waals surface area contributed by atoms with Crippen molar-refractivity contribution in [3.63, 3.8) is 0 Å². The number of hydrogen-bond acceptors (Lipinski definition) is 3. The van der Waals surface area contributed by atoms with Crippen LogP contribution in [0.15, 0.2) is 24.4 Å². The average molecular weight is 259 g/mol. The number of H-pyrrole nitrogens is 1. The summed E-state index contributed by atoms with van der Waals surface area (Å²) in [6.07, 6.45) is 5.48. The minimum atomic E-state index is 0.0256. The van der Waals surface area contributed by atoms with Crippen LogP contribution in [0.2, 0.25) is 0 Å². The van der Waals surface area contributed by atoms with Gasteiger partial charge in [-0.2, -0.15) is 5.10 Å². The minimum Gasteiger partial charge on any atom is -0.378 e. The molecular weight excluding hydrogens is 242 g/mol. The largest absolute Gasteiger partial charge is 0.378 e. The number of carbonyl (C=O) groups is 1. The Morgan fingerprint density at radius 2 is 2.47 bits per heavy atom. The van der Waals surface area contributed by atoms with Crippen LogP contribution in [-0.4, -0.2) is 28.8 Å². The van der Waals surface area contributed by atoms with Crippen LogP contribution in [0.25, 0.3) is 10.9 Å². The molecule has 1 fully saturated rings. The zero-order chi connectivity index (χ0) is 13.1. The third kappa shape index (κ3) is 2.76. The number of hydrogen-bond donors (Lipinski definition) is 2. The van der Waals surface area contributed by atoms with Gasteiger partial charge in [0, 0.05) is 18.4 Å². The first-order valence-corrected chi connectivity index (χ1v) is 6.66. The highest BCUT2D eigenvalue weighted by Gasteiger charge is 2.17. The first-order valence-electron chi connectivity index (χ1n) is 6.66. The molecule has 2 aromatic rings. The molecule has 5 nitrogen and oxygen atoms in total. The van der Waals surface area contributed by atoms with Crippen LogP contribution < -0.4 is 5.32 Å². The van der Waals surface area contributed by atoms with Gasteiger partial charge in [-0.15, -0.1) is 0 Å². The number of para-hydroxylation sites is 1. The lowest BCUT2D eigenvalue weighted by molar-refractivity contribution is -0.116. The van der Waals surface area contributed by atoms with Crippen LogP contribution in [0.3, 0.4) is 0 Å². The van der Waals surface area contributed by atoms with Gasteiger partial charge in [0.25, 0.3) is 0 Å². The van der Waals surface area contributed by atoms with Gasteiger partial charge in [-0.3, -0.25) is 9.89 Å². The number of aromatic nitrogens is 2. The van der Waals surface area contributed by atoms with Crippen LogP contribution >= 0.6 is 0 Å². The van der Waals surface area contributed by atoms with Gasteiger partial charge in [-0.05, 0) is 25.3 Å². The molecule has 1 atom stereocenters. The van der Waals surface area contributed by atoms with Crippen LogP contribution in [0.5, 0.6) is 0 Å². The molecule has 1 saturated heterocycles. The maximum Gasteiger partial charge on any atom is 0.224 e. The van der Waals surface area contributed by atoms with Crippen LogP contribution in [0, 0.1) is 0 Å². The van der Waals surface area contributed by atoms with Crippen molar-refractivity contribution >= 4 is 22.5 Å². The predicted octanol–water partition coefficient (Wildman–Crippen LogP) is 2.46. The van der Waals surface area contributed by atoms with Gasteiger partial charge in [0.1, 0.15) is 0 Å². The monoisotopic (exact) mass is 259 g/mol. The van der Waals surface area contributed by atoms with Gasteiger partial charge in [0.2, 0.25) is 5.91 Å². The molecule has 1 amide bonds. The van der Waals surface area contributed by atoms with E-state index >= 15 is 0 Å². The third-order valence-electron chi connectivity index (χ3n) is 3.47. The maximum atomic E-state index is 11.9. The Labute approximate surface area is 111 Å². The molecule has 2 N–H and O–H groups in total. The Morgan fingerprint density at radius 1 is 1.53 bits per heavy atom. The Kier molecular flexibility index (Phi) is 3.46.